The van der Waals surface area contributed by atoms with Crippen molar-refractivity contribution in [3.8, 4) is 0 Å². The van der Waals surface area contributed by atoms with Crippen molar-refractivity contribution in [1.82, 2.24) is 10.2 Å². The van der Waals surface area contributed by atoms with Crippen LogP contribution in [-0.2, 0) is 15.7 Å². The normalized spacial score (nSPS) is 28.8. The monoisotopic (exact) mass is 398 g/mol. The van der Waals surface area contributed by atoms with Crippen LogP contribution < -0.4 is 5.32 Å². The summed E-state index contributed by atoms with van der Waals surface area (Å²) in [5.41, 5.74) is -0.0578. The van der Waals surface area contributed by atoms with Gasteiger partial charge in [-0.25, -0.2) is 0 Å². The molecule has 4 nitrogen and oxygen atoms in total. The van der Waals surface area contributed by atoms with Crippen molar-refractivity contribution in [3.05, 3.63) is 35.4 Å². The molecule has 1 heterocycles. The average Bonchev–Trinajstić information content (AvgIpc) is 3.39. The molecule has 1 amide bonds. The molecule has 156 valence electrons. The minimum atomic E-state index is -4.33. The second-order valence-corrected chi connectivity index (χ2v) is 8.76. The van der Waals surface area contributed by atoms with E-state index in [4.69, 9.17) is 4.74 Å². The molecule has 2 aliphatic rings. The van der Waals surface area contributed by atoms with Gasteiger partial charge in [0.25, 0.3) is 0 Å². The highest BCUT2D eigenvalue weighted by atomic mass is 19.4. The number of hydrogen-bond donors (Lipinski definition) is 1. The van der Waals surface area contributed by atoms with E-state index in [1.807, 2.05) is 0 Å². The number of rotatable bonds is 5. The van der Waals surface area contributed by atoms with Gasteiger partial charge in [0.2, 0.25) is 5.91 Å². The zero-order valence-corrected chi connectivity index (χ0v) is 16.8. The van der Waals surface area contributed by atoms with Crippen LogP contribution in [0.3, 0.4) is 0 Å². The molecular formula is C21H29F3N2O2. The minimum absolute atomic E-state index is 0.00817. The first-order valence-corrected chi connectivity index (χ1v) is 9.83. The molecule has 3 rings (SSSR count). The molecule has 1 aromatic rings. The third kappa shape index (κ3) is 4.87. The van der Waals surface area contributed by atoms with Gasteiger partial charge in [0.05, 0.1) is 17.8 Å². The fourth-order valence-corrected chi connectivity index (χ4v) is 3.99. The Morgan fingerprint density at radius 1 is 1.14 bits per heavy atom. The lowest BCUT2D eigenvalue weighted by Gasteiger charge is -2.45. The molecule has 0 radical (unpaired) electrons. The summed E-state index contributed by atoms with van der Waals surface area (Å²) in [6.07, 6.45) is -3.33. The maximum atomic E-state index is 12.7. The Kier molecular flexibility index (Phi) is 5.79. The number of halogens is 3. The standard InChI is InChI=1S/C21H29F3N2O2/c1-13-10-26(11-14(2)28-13)20(3,4)12-25-19(27)18-9-17(18)15-5-7-16(8-6-15)21(22,23)24/h5-8,13-14,17-18H,9-12H2,1-4H3,(H,25,27). The third-order valence-electron chi connectivity index (χ3n) is 5.76. The topological polar surface area (TPSA) is 41.6 Å². The van der Waals surface area contributed by atoms with E-state index in [9.17, 15) is 18.0 Å². The first-order valence-electron chi connectivity index (χ1n) is 9.83. The van der Waals surface area contributed by atoms with Crippen molar-refractivity contribution in [2.24, 2.45) is 5.92 Å². The van der Waals surface area contributed by atoms with Crippen LogP contribution in [0.5, 0.6) is 0 Å². The van der Waals surface area contributed by atoms with E-state index in [0.717, 1.165) is 30.8 Å². The average molecular weight is 398 g/mol. The molecule has 1 aliphatic heterocycles. The fraction of sp³-hybridized carbons (Fsp3) is 0.667. The maximum absolute atomic E-state index is 12.7. The summed E-state index contributed by atoms with van der Waals surface area (Å²) in [5, 5.41) is 3.05. The smallest absolute Gasteiger partial charge is 0.373 e. The molecule has 28 heavy (non-hydrogen) atoms. The molecule has 0 bridgehead atoms. The largest absolute Gasteiger partial charge is 0.416 e. The van der Waals surface area contributed by atoms with E-state index in [-0.39, 0.29) is 35.5 Å². The highest BCUT2D eigenvalue weighted by Gasteiger charge is 2.45. The summed E-state index contributed by atoms with van der Waals surface area (Å²) in [7, 11) is 0. The van der Waals surface area contributed by atoms with Crippen LogP contribution in [0.2, 0.25) is 0 Å². The van der Waals surface area contributed by atoms with E-state index in [2.05, 4.69) is 37.9 Å². The van der Waals surface area contributed by atoms with Crippen molar-refractivity contribution in [2.45, 2.75) is 64.0 Å². The van der Waals surface area contributed by atoms with E-state index < -0.39 is 11.7 Å². The highest BCUT2D eigenvalue weighted by molar-refractivity contribution is 5.83. The van der Waals surface area contributed by atoms with Gasteiger partial charge in [-0.05, 0) is 57.7 Å². The number of carbonyl (C=O) groups excluding carboxylic acids is 1. The number of carbonyl (C=O) groups is 1. The van der Waals surface area contributed by atoms with Crippen LogP contribution in [0.25, 0.3) is 0 Å². The summed E-state index contributed by atoms with van der Waals surface area (Å²) < 4.78 is 43.8. The van der Waals surface area contributed by atoms with Gasteiger partial charge < -0.3 is 10.1 Å². The van der Waals surface area contributed by atoms with Crippen molar-refractivity contribution >= 4 is 5.91 Å². The second-order valence-electron chi connectivity index (χ2n) is 8.76. The Bertz CT molecular complexity index is 693. The predicted molar refractivity (Wildman–Crippen MR) is 101 cm³/mol. The summed E-state index contributed by atoms with van der Waals surface area (Å²) >= 11 is 0. The summed E-state index contributed by atoms with van der Waals surface area (Å²) in [5.74, 6) is -0.170. The van der Waals surface area contributed by atoms with Crippen LogP contribution in [0, 0.1) is 5.92 Å². The Balaban J connectivity index is 1.52. The van der Waals surface area contributed by atoms with Gasteiger partial charge in [0.15, 0.2) is 0 Å². The van der Waals surface area contributed by atoms with E-state index in [1.54, 1.807) is 0 Å². The van der Waals surface area contributed by atoms with Crippen LogP contribution in [-0.4, -0.2) is 48.2 Å². The Morgan fingerprint density at radius 3 is 2.25 bits per heavy atom. The van der Waals surface area contributed by atoms with Crippen molar-refractivity contribution in [3.63, 3.8) is 0 Å². The minimum Gasteiger partial charge on any atom is -0.373 e. The van der Waals surface area contributed by atoms with E-state index >= 15 is 0 Å². The van der Waals surface area contributed by atoms with Crippen LogP contribution in [0.1, 0.15) is 51.2 Å². The Labute approximate surface area is 164 Å². The van der Waals surface area contributed by atoms with Gasteiger partial charge in [-0.3, -0.25) is 9.69 Å². The lowest BCUT2D eigenvalue weighted by molar-refractivity contribution is -0.137. The second kappa shape index (κ2) is 7.67. The van der Waals surface area contributed by atoms with Crippen LogP contribution in [0.4, 0.5) is 13.2 Å². The Morgan fingerprint density at radius 2 is 1.71 bits per heavy atom. The molecule has 1 N–H and O–H groups in total. The van der Waals surface area contributed by atoms with Crippen molar-refractivity contribution in [1.29, 1.82) is 0 Å². The molecule has 4 unspecified atom stereocenters. The lowest BCUT2D eigenvalue weighted by atomic mass is 10.00. The van der Waals surface area contributed by atoms with Gasteiger partial charge in [0, 0.05) is 31.1 Å². The van der Waals surface area contributed by atoms with Gasteiger partial charge in [-0.15, -0.1) is 0 Å². The summed E-state index contributed by atoms with van der Waals surface area (Å²) in [4.78, 5) is 14.9. The van der Waals surface area contributed by atoms with Gasteiger partial charge >= 0.3 is 6.18 Å². The number of amides is 1. The number of ether oxygens (including phenoxy) is 1. The number of alkyl halides is 3. The maximum Gasteiger partial charge on any atom is 0.416 e. The zero-order valence-electron chi connectivity index (χ0n) is 16.8. The van der Waals surface area contributed by atoms with Gasteiger partial charge in [0.1, 0.15) is 0 Å². The van der Waals surface area contributed by atoms with E-state index in [0.29, 0.717) is 13.0 Å². The SMILES string of the molecule is CC1CN(C(C)(C)CNC(=O)C2CC2c2ccc(C(F)(F)F)cc2)CC(C)O1. The summed E-state index contributed by atoms with van der Waals surface area (Å²) in [6.45, 7) is 10.5. The first kappa shape index (κ1) is 21.1. The molecule has 1 aromatic carbocycles. The third-order valence-corrected chi connectivity index (χ3v) is 5.76. The number of benzene rings is 1. The molecular weight excluding hydrogens is 369 g/mol. The lowest BCUT2D eigenvalue weighted by Crippen LogP contribution is -2.58. The molecule has 1 saturated carbocycles. The van der Waals surface area contributed by atoms with Gasteiger partial charge in [-0.1, -0.05) is 12.1 Å². The molecule has 1 saturated heterocycles. The number of nitrogens with one attached hydrogen (secondary N) is 1. The predicted octanol–water partition coefficient (Wildman–Crippen LogP) is 3.81. The van der Waals surface area contributed by atoms with E-state index in [1.165, 1.54) is 12.1 Å². The van der Waals surface area contributed by atoms with Crippen molar-refractivity contribution < 1.29 is 22.7 Å². The Hall–Kier alpha value is -1.60. The molecule has 0 aromatic heterocycles. The molecule has 7 heteroatoms. The molecule has 1 aliphatic carbocycles. The first-order chi connectivity index (χ1) is 13.0. The quantitative estimate of drug-likeness (QED) is 0.820. The van der Waals surface area contributed by atoms with Crippen LogP contribution in [0.15, 0.2) is 24.3 Å². The molecule has 2 fully saturated rings. The molecule has 0 spiro atoms. The van der Waals surface area contributed by atoms with Crippen LogP contribution >= 0.6 is 0 Å². The number of hydrogen-bond acceptors (Lipinski definition) is 3. The molecule has 4 atom stereocenters. The number of morpholine rings is 1. The van der Waals surface area contributed by atoms with Gasteiger partial charge in [-0.2, -0.15) is 13.2 Å². The highest BCUT2D eigenvalue weighted by Crippen LogP contribution is 2.48. The fourth-order valence-electron chi connectivity index (χ4n) is 3.99. The number of nitrogens with zero attached hydrogens (tertiary/aromatic N) is 1. The van der Waals surface area contributed by atoms with Crippen molar-refractivity contribution in [2.75, 3.05) is 19.6 Å². The zero-order chi connectivity index (χ0) is 20.7. The summed E-state index contributed by atoms with van der Waals surface area (Å²) in [6, 6.07) is 5.15.